The van der Waals surface area contributed by atoms with Crippen molar-refractivity contribution in [2.45, 2.75) is 19.3 Å². The van der Waals surface area contributed by atoms with Gasteiger partial charge in [0.15, 0.2) is 0 Å². The van der Waals surface area contributed by atoms with E-state index in [1.165, 1.54) is 0 Å². The fourth-order valence-electron chi connectivity index (χ4n) is 3.90. The van der Waals surface area contributed by atoms with Gasteiger partial charge in [-0.15, -0.1) is 0 Å². The van der Waals surface area contributed by atoms with Crippen LogP contribution in [0.1, 0.15) is 18.4 Å². The third-order valence-electron chi connectivity index (χ3n) is 5.69. The van der Waals surface area contributed by atoms with Gasteiger partial charge < -0.3 is 25.8 Å². The van der Waals surface area contributed by atoms with Gasteiger partial charge >= 0.3 is 0 Å². The molecule has 0 radical (unpaired) electrons. The molecule has 0 bridgehead atoms. The molecule has 4 rings (SSSR count). The minimum absolute atomic E-state index is 0.147. The highest BCUT2D eigenvalue weighted by atomic mass is 16.5. The zero-order chi connectivity index (χ0) is 21.8. The topological polar surface area (TPSA) is 117 Å². The maximum absolute atomic E-state index is 12.6. The number of hydrogen-bond acceptors (Lipinski definition) is 7. The molecule has 8 nitrogen and oxygen atoms in total. The monoisotopic (exact) mass is 421 g/mol. The maximum atomic E-state index is 12.6. The SMILES string of the molecule is COc1ccc(CC(=O)N2CCC(COc3cccc4nc(N)nc(N)c34)CC2)cc1. The molecule has 1 amide bonds. The first-order valence-electron chi connectivity index (χ1n) is 10.4. The Balaban J connectivity index is 1.30. The summed E-state index contributed by atoms with van der Waals surface area (Å²) in [4.78, 5) is 22.8. The van der Waals surface area contributed by atoms with E-state index in [1.807, 2.05) is 47.4 Å². The quantitative estimate of drug-likeness (QED) is 0.628. The molecular formula is C23H27N5O3. The second-order valence-electron chi connectivity index (χ2n) is 7.78. The zero-order valence-corrected chi connectivity index (χ0v) is 17.6. The minimum atomic E-state index is 0.147. The fourth-order valence-corrected chi connectivity index (χ4v) is 3.90. The third kappa shape index (κ3) is 4.79. The zero-order valence-electron chi connectivity index (χ0n) is 17.6. The summed E-state index contributed by atoms with van der Waals surface area (Å²) in [6.07, 6.45) is 2.21. The number of piperidine rings is 1. The van der Waals surface area contributed by atoms with Gasteiger partial charge in [-0.2, -0.15) is 4.98 Å². The van der Waals surface area contributed by atoms with Gasteiger partial charge in [0.2, 0.25) is 11.9 Å². The normalized spacial score (nSPS) is 14.5. The number of hydrogen-bond donors (Lipinski definition) is 2. The van der Waals surface area contributed by atoms with Crippen molar-refractivity contribution in [2.75, 3.05) is 38.3 Å². The number of nitrogens with zero attached hydrogens (tertiary/aromatic N) is 3. The predicted octanol–water partition coefficient (Wildman–Crippen LogP) is 2.66. The lowest BCUT2D eigenvalue weighted by Gasteiger charge is -2.32. The number of benzene rings is 2. The number of rotatable bonds is 6. The van der Waals surface area contributed by atoms with Crippen LogP contribution in [0.4, 0.5) is 11.8 Å². The van der Waals surface area contributed by atoms with Crippen LogP contribution in [0.5, 0.6) is 11.5 Å². The van der Waals surface area contributed by atoms with Crippen LogP contribution in [0.15, 0.2) is 42.5 Å². The third-order valence-corrected chi connectivity index (χ3v) is 5.69. The molecule has 0 atom stereocenters. The molecule has 3 aromatic rings. The highest BCUT2D eigenvalue weighted by Crippen LogP contribution is 2.30. The van der Waals surface area contributed by atoms with Crippen molar-refractivity contribution < 1.29 is 14.3 Å². The minimum Gasteiger partial charge on any atom is -0.497 e. The lowest BCUT2D eigenvalue weighted by atomic mass is 9.97. The second kappa shape index (κ2) is 9.07. The number of nitrogen functional groups attached to an aromatic ring is 2. The van der Waals surface area contributed by atoms with E-state index in [-0.39, 0.29) is 11.9 Å². The number of aromatic nitrogens is 2. The number of methoxy groups -OCH3 is 1. The number of amides is 1. The molecule has 31 heavy (non-hydrogen) atoms. The van der Waals surface area contributed by atoms with E-state index in [1.54, 1.807) is 7.11 Å². The molecule has 1 fully saturated rings. The van der Waals surface area contributed by atoms with E-state index < -0.39 is 0 Å². The first-order chi connectivity index (χ1) is 15.0. The molecule has 0 saturated carbocycles. The number of fused-ring (bicyclic) bond motifs is 1. The van der Waals surface area contributed by atoms with Gasteiger partial charge in [-0.25, -0.2) is 4.98 Å². The van der Waals surface area contributed by atoms with Crippen molar-refractivity contribution in [3.8, 4) is 11.5 Å². The summed E-state index contributed by atoms with van der Waals surface area (Å²) in [6.45, 7) is 2.03. The smallest absolute Gasteiger partial charge is 0.226 e. The summed E-state index contributed by atoms with van der Waals surface area (Å²) in [5.41, 5.74) is 13.4. The molecule has 0 aliphatic carbocycles. The van der Waals surface area contributed by atoms with Crippen molar-refractivity contribution in [2.24, 2.45) is 5.92 Å². The Labute approximate surface area is 181 Å². The van der Waals surface area contributed by atoms with Crippen LogP contribution in [0, 0.1) is 5.92 Å². The van der Waals surface area contributed by atoms with Gasteiger partial charge in [0.25, 0.3) is 0 Å². The van der Waals surface area contributed by atoms with Gasteiger partial charge in [0.05, 0.1) is 31.0 Å². The lowest BCUT2D eigenvalue weighted by molar-refractivity contribution is -0.132. The number of ether oxygens (including phenoxy) is 2. The van der Waals surface area contributed by atoms with Gasteiger partial charge in [0.1, 0.15) is 17.3 Å². The van der Waals surface area contributed by atoms with E-state index >= 15 is 0 Å². The van der Waals surface area contributed by atoms with E-state index in [4.69, 9.17) is 20.9 Å². The van der Waals surface area contributed by atoms with Crippen molar-refractivity contribution in [1.29, 1.82) is 0 Å². The summed E-state index contributed by atoms with van der Waals surface area (Å²) < 4.78 is 11.2. The van der Waals surface area contributed by atoms with Crippen molar-refractivity contribution in [1.82, 2.24) is 14.9 Å². The first kappa shape index (κ1) is 20.7. The average molecular weight is 422 g/mol. The Morgan fingerprint density at radius 3 is 2.55 bits per heavy atom. The summed E-state index contributed by atoms with van der Waals surface area (Å²) in [5.74, 6) is 2.44. The Morgan fingerprint density at radius 1 is 1.10 bits per heavy atom. The Kier molecular flexibility index (Phi) is 6.06. The van der Waals surface area contributed by atoms with Gasteiger partial charge in [-0.1, -0.05) is 18.2 Å². The standard InChI is InChI=1S/C23H27N5O3/c1-30-17-7-5-15(6-8-17)13-20(29)28-11-9-16(10-12-28)14-31-19-4-2-3-18-21(19)22(24)27-23(25)26-18/h2-8,16H,9-14H2,1H3,(H4,24,25,26,27). The van der Waals surface area contributed by atoms with E-state index in [0.717, 1.165) is 37.2 Å². The number of carbonyl (C=O) groups excluding carboxylic acids is 1. The summed E-state index contributed by atoms with van der Waals surface area (Å²) in [5, 5.41) is 0.684. The predicted molar refractivity (Wildman–Crippen MR) is 120 cm³/mol. The molecule has 4 N–H and O–H groups in total. The van der Waals surface area contributed by atoms with Crippen LogP contribution < -0.4 is 20.9 Å². The number of nitrogens with two attached hydrogens (primary N) is 2. The molecule has 1 aliphatic rings. The van der Waals surface area contributed by atoms with Gasteiger partial charge in [-0.05, 0) is 48.6 Å². The molecule has 0 spiro atoms. The highest BCUT2D eigenvalue weighted by molar-refractivity contribution is 5.94. The molecule has 2 heterocycles. The second-order valence-corrected chi connectivity index (χ2v) is 7.78. The summed E-state index contributed by atoms with van der Waals surface area (Å²) >= 11 is 0. The van der Waals surface area contributed by atoms with Crippen LogP contribution in [0.3, 0.4) is 0 Å². The van der Waals surface area contributed by atoms with Crippen molar-refractivity contribution in [3.63, 3.8) is 0 Å². The summed E-state index contributed by atoms with van der Waals surface area (Å²) in [7, 11) is 1.63. The van der Waals surface area contributed by atoms with E-state index in [9.17, 15) is 4.79 Å². The molecule has 8 heteroatoms. The fraction of sp³-hybridized carbons (Fsp3) is 0.348. The molecule has 2 aromatic carbocycles. The highest BCUT2D eigenvalue weighted by Gasteiger charge is 2.23. The molecule has 162 valence electrons. The van der Waals surface area contributed by atoms with E-state index in [2.05, 4.69) is 9.97 Å². The van der Waals surface area contributed by atoms with Crippen LogP contribution in [0.25, 0.3) is 10.9 Å². The lowest BCUT2D eigenvalue weighted by Crippen LogP contribution is -2.40. The van der Waals surface area contributed by atoms with Gasteiger partial charge in [-0.3, -0.25) is 4.79 Å². The van der Waals surface area contributed by atoms with Crippen LogP contribution in [-0.2, 0) is 11.2 Å². The Bertz CT molecular complexity index is 1060. The molecule has 0 unspecified atom stereocenters. The first-order valence-corrected chi connectivity index (χ1v) is 10.4. The number of anilines is 2. The van der Waals surface area contributed by atoms with Crippen LogP contribution in [-0.4, -0.2) is 47.6 Å². The van der Waals surface area contributed by atoms with Gasteiger partial charge in [0, 0.05) is 13.1 Å². The molecule has 1 aromatic heterocycles. The average Bonchev–Trinajstić information content (AvgIpc) is 2.78. The largest absolute Gasteiger partial charge is 0.497 e. The number of likely N-dealkylation sites (tertiary alicyclic amines) is 1. The number of carbonyl (C=O) groups is 1. The van der Waals surface area contributed by atoms with Crippen LogP contribution >= 0.6 is 0 Å². The van der Waals surface area contributed by atoms with E-state index in [0.29, 0.717) is 41.4 Å². The summed E-state index contributed by atoms with van der Waals surface area (Å²) in [6, 6.07) is 13.2. The molecule has 1 saturated heterocycles. The Hall–Kier alpha value is -3.55. The van der Waals surface area contributed by atoms with Crippen molar-refractivity contribution >= 4 is 28.6 Å². The van der Waals surface area contributed by atoms with Crippen LogP contribution in [0.2, 0.25) is 0 Å². The molecular weight excluding hydrogens is 394 g/mol. The van der Waals surface area contributed by atoms with Crippen molar-refractivity contribution in [3.05, 3.63) is 48.0 Å². The Morgan fingerprint density at radius 2 is 1.84 bits per heavy atom. The molecule has 1 aliphatic heterocycles. The maximum Gasteiger partial charge on any atom is 0.226 e.